The first kappa shape index (κ1) is 8.38. The van der Waals surface area contributed by atoms with Crippen LogP contribution >= 0.6 is 0 Å². The Morgan fingerprint density at radius 2 is 1.80 bits per heavy atom. The molecule has 0 aromatic heterocycles. The monoisotopic (exact) mass is 198 g/mol. The Balaban J connectivity index is 1.87. The summed E-state index contributed by atoms with van der Waals surface area (Å²) in [6.45, 7) is 2.44. The lowest BCUT2D eigenvalue weighted by atomic mass is 9.46. The Bertz CT molecular complexity index is 406. The molecule has 0 N–H and O–H groups in total. The van der Waals surface area contributed by atoms with Crippen LogP contribution in [0.5, 0.6) is 0 Å². The zero-order valence-corrected chi connectivity index (χ0v) is 9.32. The van der Waals surface area contributed by atoms with Crippen molar-refractivity contribution in [1.29, 1.82) is 0 Å². The highest BCUT2D eigenvalue weighted by Gasteiger charge is 2.53. The highest BCUT2D eigenvalue weighted by molar-refractivity contribution is 5.41. The normalized spacial score (nSPS) is 45.5. The minimum Gasteiger partial charge on any atom is -0.0620 e. The molecular weight excluding hydrogens is 180 g/mol. The lowest BCUT2D eigenvalue weighted by Crippen LogP contribution is -2.47. The Labute approximate surface area is 91.7 Å². The average molecular weight is 198 g/mol. The third-order valence-corrected chi connectivity index (χ3v) is 5.35. The number of benzene rings is 1. The molecule has 5 atom stereocenters. The van der Waals surface area contributed by atoms with Crippen molar-refractivity contribution in [1.82, 2.24) is 0 Å². The van der Waals surface area contributed by atoms with E-state index in [-0.39, 0.29) is 0 Å². The Morgan fingerprint density at radius 3 is 2.47 bits per heavy atom. The second kappa shape index (κ2) is 2.66. The molecule has 3 aliphatic carbocycles. The van der Waals surface area contributed by atoms with Gasteiger partial charge in [0.25, 0.3) is 0 Å². The summed E-state index contributed by atoms with van der Waals surface area (Å²) in [6, 6.07) is 9.27. The third-order valence-electron chi connectivity index (χ3n) is 5.35. The Kier molecular flexibility index (Phi) is 1.49. The van der Waals surface area contributed by atoms with Crippen LogP contribution in [0, 0.1) is 17.8 Å². The van der Waals surface area contributed by atoms with Gasteiger partial charge in [-0.1, -0.05) is 31.2 Å². The second-order valence-electron chi connectivity index (χ2n) is 5.88. The summed E-state index contributed by atoms with van der Waals surface area (Å²) in [5.74, 6) is 4.91. The molecule has 78 valence electrons. The molecule has 0 nitrogen and oxygen atoms in total. The van der Waals surface area contributed by atoms with Crippen LogP contribution < -0.4 is 0 Å². The van der Waals surface area contributed by atoms with Gasteiger partial charge in [0.15, 0.2) is 0 Å². The fraction of sp³-hybridized carbons (Fsp3) is 0.600. The van der Waals surface area contributed by atoms with Crippen molar-refractivity contribution in [3.05, 3.63) is 35.4 Å². The first-order valence-electron chi connectivity index (χ1n) is 6.45. The van der Waals surface area contributed by atoms with E-state index in [2.05, 4.69) is 31.2 Å². The summed E-state index contributed by atoms with van der Waals surface area (Å²) in [5.41, 5.74) is 3.42. The van der Waals surface area contributed by atoms with Gasteiger partial charge in [0, 0.05) is 0 Å². The first-order chi connectivity index (χ1) is 7.36. The molecule has 0 heterocycles. The standard InChI is InChI=1S/C15H18/c1-9-8-14-12-7-6-11(12)10-4-2-3-5-13(10)15(9)14/h2-5,9,11-12,14-15H,6-8H2,1H3. The first-order valence-corrected chi connectivity index (χ1v) is 6.45. The van der Waals surface area contributed by atoms with Crippen molar-refractivity contribution in [3.8, 4) is 0 Å². The van der Waals surface area contributed by atoms with Gasteiger partial charge in [0.2, 0.25) is 0 Å². The molecule has 0 bridgehead atoms. The Hall–Kier alpha value is -0.780. The van der Waals surface area contributed by atoms with Gasteiger partial charge in [0.05, 0.1) is 0 Å². The van der Waals surface area contributed by atoms with Crippen molar-refractivity contribution < 1.29 is 0 Å². The van der Waals surface area contributed by atoms with Crippen LogP contribution in [-0.4, -0.2) is 0 Å². The molecule has 0 spiro atoms. The maximum absolute atomic E-state index is 2.44. The van der Waals surface area contributed by atoms with Gasteiger partial charge >= 0.3 is 0 Å². The van der Waals surface area contributed by atoms with Gasteiger partial charge in [0.1, 0.15) is 0 Å². The minimum atomic E-state index is 0.919. The molecule has 4 rings (SSSR count). The summed E-state index contributed by atoms with van der Waals surface area (Å²) in [6.07, 6.45) is 4.46. The van der Waals surface area contributed by atoms with Gasteiger partial charge < -0.3 is 0 Å². The second-order valence-corrected chi connectivity index (χ2v) is 5.88. The molecule has 1 aromatic carbocycles. The van der Waals surface area contributed by atoms with Gasteiger partial charge in [-0.05, 0) is 60.0 Å². The third kappa shape index (κ3) is 0.891. The van der Waals surface area contributed by atoms with Crippen LogP contribution in [-0.2, 0) is 0 Å². The Morgan fingerprint density at radius 1 is 1.00 bits per heavy atom. The number of hydrogen-bond donors (Lipinski definition) is 0. The molecule has 0 radical (unpaired) electrons. The SMILES string of the molecule is CC1CC2C3CCC3c3ccccc3C12. The number of fused-ring (bicyclic) bond motifs is 6. The van der Waals surface area contributed by atoms with E-state index in [1.54, 1.807) is 11.1 Å². The molecule has 2 fully saturated rings. The van der Waals surface area contributed by atoms with Crippen molar-refractivity contribution in [2.24, 2.45) is 17.8 Å². The molecule has 0 amide bonds. The van der Waals surface area contributed by atoms with Gasteiger partial charge in [-0.2, -0.15) is 0 Å². The predicted molar refractivity (Wildman–Crippen MR) is 61.9 cm³/mol. The highest BCUT2D eigenvalue weighted by Crippen LogP contribution is 2.64. The van der Waals surface area contributed by atoms with Crippen molar-refractivity contribution >= 4 is 0 Å². The summed E-state index contributed by atoms with van der Waals surface area (Å²) in [7, 11) is 0. The van der Waals surface area contributed by atoms with Crippen LogP contribution in [0.4, 0.5) is 0 Å². The maximum Gasteiger partial charge on any atom is -0.0102 e. The van der Waals surface area contributed by atoms with Crippen LogP contribution in [0.15, 0.2) is 24.3 Å². The van der Waals surface area contributed by atoms with Gasteiger partial charge in [-0.15, -0.1) is 0 Å². The smallest absolute Gasteiger partial charge is 0.0102 e. The van der Waals surface area contributed by atoms with Gasteiger partial charge in [-0.3, -0.25) is 0 Å². The summed E-state index contributed by atoms with van der Waals surface area (Å²) in [5, 5.41) is 0. The quantitative estimate of drug-likeness (QED) is 0.592. The van der Waals surface area contributed by atoms with Crippen molar-refractivity contribution in [2.45, 2.75) is 38.0 Å². The molecule has 3 aliphatic rings. The lowest BCUT2D eigenvalue weighted by molar-refractivity contribution is 0.0145. The van der Waals surface area contributed by atoms with Crippen molar-refractivity contribution in [2.75, 3.05) is 0 Å². The van der Waals surface area contributed by atoms with Crippen molar-refractivity contribution in [3.63, 3.8) is 0 Å². The maximum atomic E-state index is 2.44. The van der Waals surface area contributed by atoms with E-state index in [1.807, 2.05) is 0 Å². The van der Waals surface area contributed by atoms with Crippen LogP contribution in [0.2, 0.25) is 0 Å². The van der Waals surface area contributed by atoms with Crippen LogP contribution in [0.3, 0.4) is 0 Å². The molecule has 5 unspecified atom stereocenters. The molecule has 2 saturated carbocycles. The number of rotatable bonds is 0. The fourth-order valence-corrected chi connectivity index (χ4v) is 4.50. The topological polar surface area (TPSA) is 0 Å². The largest absolute Gasteiger partial charge is 0.0620 e. The minimum absolute atomic E-state index is 0.919. The van der Waals surface area contributed by atoms with E-state index in [9.17, 15) is 0 Å². The molecule has 1 aromatic rings. The summed E-state index contributed by atoms with van der Waals surface area (Å²) in [4.78, 5) is 0. The van der Waals surface area contributed by atoms with Crippen LogP contribution in [0.25, 0.3) is 0 Å². The molecular formula is C15H18. The summed E-state index contributed by atoms with van der Waals surface area (Å²) >= 11 is 0. The van der Waals surface area contributed by atoms with E-state index in [1.165, 1.54) is 19.3 Å². The average Bonchev–Trinajstić information content (AvgIpc) is 2.17. The molecule has 0 heteroatoms. The van der Waals surface area contributed by atoms with Crippen LogP contribution in [0.1, 0.15) is 49.1 Å². The molecule has 0 aliphatic heterocycles. The highest BCUT2D eigenvalue weighted by atomic mass is 14.6. The fourth-order valence-electron chi connectivity index (χ4n) is 4.50. The lowest BCUT2D eigenvalue weighted by Gasteiger charge is -2.58. The zero-order chi connectivity index (χ0) is 9.99. The molecule has 15 heavy (non-hydrogen) atoms. The predicted octanol–water partition coefficient (Wildman–Crippen LogP) is 3.93. The summed E-state index contributed by atoms with van der Waals surface area (Å²) < 4.78 is 0. The molecule has 0 saturated heterocycles. The van der Waals surface area contributed by atoms with E-state index in [0.717, 1.165) is 29.6 Å². The van der Waals surface area contributed by atoms with E-state index in [4.69, 9.17) is 0 Å². The van der Waals surface area contributed by atoms with Gasteiger partial charge in [-0.25, -0.2) is 0 Å². The number of hydrogen-bond acceptors (Lipinski definition) is 0. The van der Waals surface area contributed by atoms with E-state index in [0.29, 0.717) is 0 Å². The van der Waals surface area contributed by atoms with E-state index < -0.39 is 0 Å². The van der Waals surface area contributed by atoms with E-state index >= 15 is 0 Å². The zero-order valence-electron chi connectivity index (χ0n) is 9.32.